The molecule has 0 bridgehead atoms. The number of fused-ring (bicyclic) bond motifs is 1. The quantitative estimate of drug-likeness (QED) is 0.559. The Labute approximate surface area is 137 Å². The van der Waals surface area contributed by atoms with Crippen LogP contribution in [0.5, 0.6) is 0 Å². The molecule has 3 aromatic heterocycles. The lowest BCUT2D eigenvalue weighted by Crippen LogP contribution is -1.98. The first kappa shape index (κ1) is 14.5. The Morgan fingerprint density at radius 3 is 2.86 bits per heavy atom. The Morgan fingerprint density at radius 1 is 1.41 bits per heavy atom. The fourth-order valence-corrected chi connectivity index (χ4v) is 3.44. The van der Waals surface area contributed by atoms with Crippen LogP contribution in [-0.4, -0.2) is 20.5 Å². The molecule has 0 aromatic carbocycles. The third-order valence-electron chi connectivity index (χ3n) is 3.01. The molecule has 0 aliphatic heterocycles. The van der Waals surface area contributed by atoms with E-state index in [-0.39, 0.29) is 5.57 Å². The Kier molecular flexibility index (Phi) is 3.79. The second kappa shape index (κ2) is 5.75. The van der Waals surface area contributed by atoms with Gasteiger partial charge >= 0.3 is 5.97 Å². The van der Waals surface area contributed by atoms with Crippen LogP contribution in [0.4, 0.5) is 0 Å². The fourth-order valence-electron chi connectivity index (χ4n) is 2.05. The summed E-state index contributed by atoms with van der Waals surface area (Å²) in [5.41, 5.74) is 1.58. The Bertz CT molecular complexity index is 949. The van der Waals surface area contributed by atoms with Crippen LogP contribution >= 0.6 is 27.3 Å². The molecule has 0 unspecified atom stereocenters. The largest absolute Gasteiger partial charge is 0.477 e. The van der Waals surface area contributed by atoms with Crippen molar-refractivity contribution >= 4 is 45.0 Å². The lowest BCUT2D eigenvalue weighted by molar-refractivity contribution is -0.132. The van der Waals surface area contributed by atoms with Gasteiger partial charge in [0.05, 0.1) is 14.4 Å². The van der Waals surface area contributed by atoms with E-state index >= 15 is 0 Å². The van der Waals surface area contributed by atoms with E-state index < -0.39 is 5.97 Å². The number of carbonyl (C=O) groups is 1. The fraction of sp³-hybridized carbons (Fsp3) is 0. The van der Waals surface area contributed by atoms with Crippen LogP contribution in [0.25, 0.3) is 22.3 Å². The van der Waals surface area contributed by atoms with Crippen molar-refractivity contribution in [1.29, 1.82) is 5.26 Å². The topological polar surface area (TPSA) is 78.4 Å². The molecule has 0 fully saturated rings. The first-order chi connectivity index (χ1) is 10.6. The Morgan fingerprint density at radius 2 is 2.23 bits per heavy atom. The van der Waals surface area contributed by atoms with Gasteiger partial charge in [0, 0.05) is 6.20 Å². The molecule has 0 aliphatic carbocycles. The highest BCUT2D eigenvalue weighted by molar-refractivity contribution is 9.11. The smallest absolute Gasteiger partial charge is 0.346 e. The van der Waals surface area contributed by atoms with Crippen molar-refractivity contribution in [3.8, 4) is 16.6 Å². The predicted octanol–water partition coefficient (Wildman–Crippen LogP) is 3.82. The minimum atomic E-state index is -1.26. The Hall–Kier alpha value is -2.43. The number of imidazole rings is 1. The highest BCUT2D eigenvalue weighted by Crippen LogP contribution is 2.34. The molecule has 3 heterocycles. The van der Waals surface area contributed by atoms with Gasteiger partial charge in [-0.15, -0.1) is 11.3 Å². The van der Waals surface area contributed by atoms with Crippen molar-refractivity contribution in [1.82, 2.24) is 9.38 Å². The average molecular weight is 374 g/mol. The van der Waals surface area contributed by atoms with E-state index in [9.17, 15) is 4.79 Å². The van der Waals surface area contributed by atoms with Gasteiger partial charge in [0.1, 0.15) is 23.0 Å². The van der Waals surface area contributed by atoms with E-state index in [0.29, 0.717) is 17.0 Å². The maximum Gasteiger partial charge on any atom is 0.346 e. The van der Waals surface area contributed by atoms with Gasteiger partial charge in [-0.05, 0) is 46.3 Å². The normalized spacial score (nSPS) is 11.5. The number of hydrogen-bond acceptors (Lipinski definition) is 4. The van der Waals surface area contributed by atoms with E-state index in [1.54, 1.807) is 16.7 Å². The molecule has 0 radical (unpaired) electrons. The Balaban J connectivity index is 2.31. The summed E-state index contributed by atoms with van der Waals surface area (Å²) in [7, 11) is 0. The van der Waals surface area contributed by atoms with Crippen LogP contribution in [0.2, 0.25) is 0 Å². The number of carboxylic acids is 1. The summed E-state index contributed by atoms with van der Waals surface area (Å²) >= 11 is 4.90. The highest BCUT2D eigenvalue weighted by Gasteiger charge is 2.16. The number of halogens is 1. The number of pyridine rings is 1. The molecule has 0 atom stereocenters. The number of hydrogen-bond donors (Lipinski definition) is 1. The summed E-state index contributed by atoms with van der Waals surface area (Å²) in [6.45, 7) is 0. The number of carboxylic acid groups (broad SMARTS) is 1. The van der Waals surface area contributed by atoms with Crippen molar-refractivity contribution in [3.63, 3.8) is 0 Å². The monoisotopic (exact) mass is 373 g/mol. The minimum Gasteiger partial charge on any atom is -0.477 e. The molecule has 0 amide bonds. The second-order valence-electron chi connectivity index (χ2n) is 4.35. The highest BCUT2D eigenvalue weighted by atomic mass is 79.9. The SMILES string of the molecule is N#C/C(=C\c1c(-c2ccc(Br)s2)nc2ccccn12)C(=O)O. The lowest BCUT2D eigenvalue weighted by Gasteiger charge is -1.99. The zero-order valence-electron chi connectivity index (χ0n) is 11.0. The first-order valence-electron chi connectivity index (χ1n) is 6.18. The van der Waals surface area contributed by atoms with Gasteiger partial charge in [0.2, 0.25) is 0 Å². The van der Waals surface area contributed by atoms with E-state index in [0.717, 1.165) is 8.66 Å². The average Bonchev–Trinajstić information content (AvgIpc) is 3.08. The van der Waals surface area contributed by atoms with E-state index in [1.807, 2.05) is 30.3 Å². The summed E-state index contributed by atoms with van der Waals surface area (Å²) in [5.74, 6) is -1.26. The van der Waals surface area contributed by atoms with E-state index in [4.69, 9.17) is 10.4 Å². The molecule has 0 spiro atoms. The first-order valence-corrected chi connectivity index (χ1v) is 7.79. The van der Waals surface area contributed by atoms with E-state index in [1.165, 1.54) is 17.4 Å². The van der Waals surface area contributed by atoms with Gasteiger partial charge in [-0.1, -0.05) is 6.07 Å². The molecule has 3 rings (SSSR count). The third kappa shape index (κ3) is 2.54. The summed E-state index contributed by atoms with van der Waals surface area (Å²) in [4.78, 5) is 16.6. The number of thiophene rings is 1. The number of nitriles is 1. The van der Waals surface area contributed by atoms with Crippen LogP contribution in [0.3, 0.4) is 0 Å². The molecule has 0 saturated heterocycles. The number of aliphatic carboxylic acids is 1. The molecule has 1 N–H and O–H groups in total. The molecule has 3 aromatic rings. The minimum absolute atomic E-state index is 0.331. The number of rotatable bonds is 3. The van der Waals surface area contributed by atoms with E-state index in [2.05, 4.69) is 20.9 Å². The van der Waals surface area contributed by atoms with Gasteiger partial charge < -0.3 is 5.11 Å². The van der Waals surface area contributed by atoms with Crippen molar-refractivity contribution in [2.75, 3.05) is 0 Å². The standard InChI is InChI=1S/C15H8BrN3O2S/c16-12-5-4-11(22-12)14-10(7-9(8-17)15(20)21)19-6-2-1-3-13(19)18-14/h1-7H,(H,20,21)/b9-7+. The molecule has 108 valence electrons. The summed E-state index contributed by atoms with van der Waals surface area (Å²) in [5, 5.41) is 18.1. The van der Waals surface area contributed by atoms with Crippen LogP contribution < -0.4 is 0 Å². The van der Waals surface area contributed by atoms with Crippen LogP contribution in [-0.2, 0) is 4.79 Å². The number of nitrogens with zero attached hydrogens (tertiary/aromatic N) is 3. The van der Waals surface area contributed by atoms with Crippen molar-refractivity contribution in [2.45, 2.75) is 0 Å². The third-order valence-corrected chi connectivity index (χ3v) is 4.64. The maximum absolute atomic E-state index is 11.1. The molecule has 22 heavy (non-hydrogen) atoms. The van der Waals surface area contributed by atoms with Gasteiger partial charge in [-0.3, -0.25) is 4.40 Å². The molecule has 0 saturated carbocycles. The second-order valence-corrected chi connectivity index (χ2v) is 6.82. The molecular formula is C15H8BrN3O2S. The lowest BCUT2D eigenvalue weighted by atomic mass is 10.2. The molecule has 5 nitrogen and oxygen atoms in total. The van der Waals surface area contributed by atoms with Gasteiger partial charge in [-0.2, -0.15) is 5.26 Å². The number of aromatic nitrogens is 2. The summed E-state index contributed by atoms with van der Waals surface area (Å²) in [6, 6.07) is 11.0. The zero-order valence-corrected chi connectivity index (χ0v) is 13.4. The summed E-state index contributed by atoms with van der Waals surface area (Å²) < 4.78 is 2.72. The van der Waals surface area contributed by atoms with Gasteiger partial charge in [0.15, 0.2) is 0 Å². The van der Waals surface area contributed by atoms with Gasteiger partial charge in [0.25, 0.3) is 0 Å². The van der Waals surface area contributed by atoms with Crippen molar-refractivity contribution < 1.29 is 9.90 Å². The maximum atomic E-state index is 11.1. The predicted molar refractivity (Wildman–Crippen MR) is 87.4 cm³/mol. The van der Waals surface area contributed by atoms with Crippen LogP contribution in [0.1, 0.15) is 5.69 Å². The molecule has 7 heteroatoms. The van der Waals surface area contributed by atoms with Gasteiger partial charge in [-0.25, -0.2) is 9.78 Å². The van der Waals surface area contributed by atoms with Crippen LogP contribution in [0.15, 0.2) is 45.9 Å². The summed E-state index contributed by atoms with van der Waals surface area (Å²) in [6.07, 6.45) is 3.14. The molecule has 0 aliphatic rings. The van der Waals surface area contributed by atoms with Crippen molar-refractivity contribution in [2.24, 2.45) is 0 Å². The zero-order chi connectivity index (χ0) is 15.7. The van der Waals surface area contributed by atoms with Crippen LogP contribution in [0, 0.1) is 11.3 Å². The van der Waals surface area contributed by atoms with Crippen molar-refractivity contribution in [3.05, 3.63) is 51.6 Å². The molecular weight excluding hydrogens is 366 g/mol.